The summed E-state index contributed by atoms with van der Waals surface area (Å²) in [5, 5.41) is 10.3. The lowest BCUT2D eigenvalue weighted by molar-refractivity contribution is -0.134. The van der Waals surface area contributed by atoms with Crippen LogP contribution in [0.5, 0.6) is 0 Å². The lowest BCUT2D eigenvalue weighted by Crippen LogP contribution is -2.56. The van der Waals surface area contributed by atoms with Crippen molar-refractivity contribution in [1.29, 1.82) is 5.26 Å². The molecule has 3 heterocycles. The van der Waals surface area contributed by atoms with E-state index in [4.69, 9.17) is 4.98 Å². The summed E-state index contributed by atoms with van der Waals surface area (Å²) >= 11 is 0. The highest BCUT2D eigenvalue weighted by molar-refractivity contribution is 5.79. The number of carbonyl (C=O) groups is 1. The number of hydrogen-bond acceptors (Lipinski definition) is 5. The van der Waals surface area contributed by atoms with Crippen LogP contribution < -0.4 is 4.90 Å². The van der Waals surface area contributed by atoms with Crippen LogP contribution in [0.25, 0.3) is 17.2 Å². The molecule has 0 N–H and O–H groups in total. The van der Waals surface area contributed by atoms with Crippen molar-refractivity contribution in [1.82, 2.24) is 14.9 Å². The maximum absolute atomic E-state index is 13.1. The minimum Gasteiger partial charge on any atom is -0.352 e. The van der Waals surface area contributed by atoms with E-state index in [2.05, 4.69) is 34.4 Å². The monoisotopic (exact) mass is 481 g/mol. The van der Waals surface area contributed by atoms with Gasteiger partial charge in [0.25, 0.3) is 0 Å². The zero-order valence-corrected chi connectivity index (χ0v) is 21.2. The van der Waals surface area contributed by atoms with Crippen LogP contribution >= 0.6 is 0 Å². The first-order valence-corrected chi connectivity index (χ1v) is 13.6. The van der Waals surface area contributed by atoms with Gasteiger partial charge < -0.3 is 9.80 Å². The zero-order valence-electron chi connectivity index (χ0n) is 21.2. The summed E-state index contributed by atoms with van der Waals surface area (Å²) in [7, 11) is 0. The third-order valence-corrected chi connectivity index (χ3v) is 8.48. The van der Waals surface area contributed by atoms with Gasteiger partial charge in [-0.2, -0.15) is 5.26 Å². The van der Waals surface area contributed by atoms with E-state index in [0.29, 0.717) is 29.7 Å². The highest BCUT2D eigenvalue weighted by Gasteiger charge is 2.42. The number of carbonyl (C=O) groups excluding carboxylic acids is 1. The molecule has 0 bridgehead atoms. The number of nitrogens with zero attached hydrogens (tertiary/aromatic N) is 5. The smallest absolute Gasteiger partial charge is 0.222 e. The van der Waals surface area contributed by atoms with Crippen LogP contribution in [0.15, 0.2) is 24.9 Å². The Bertz CT molecular complexity index is 1230. The molecule has 1 aliphatic heterocycles. The number of aromatic nitrogens is 2. The molecular weight excluding hydrogens is 446 g/mol. The van der Waals surface area contributed by atoms with Gasteiger partial charge in [-0.05, 0) is 80.2 Å². The average molecular weight is 482 g/mol. The molecule has 1 unspecified atom stereocenters. The van der Waals surface area contributed by atoms with E-state index in [9.17, 15) is 10.1 Å². The standard InChI is InChI=1S/C30H35N5O/c1-3-24-16-23(12-13-32-24)28-19(2)25(17-31)30(33-29(28)22-9-10-22)34-14-15-35(26(18-34)21-7-8-21)27(36)11-6-20-4-5-20/h3,12-13,16,20-22,26H,1,4-11,14-15,18H2,2H3. The molecule has 1 atom stereocenters. The largest absolute Gasteiger partial charge is 0.352 e. The Hall–Kier alpha value is -3.20. The topological polar surface area (TPSA) is 73.1 Å². The fourth-order valence-electron chi connectivity index (χ4n) is 5.88. The second-order valence-corrected chi connectivity index (χ2v) is 11.2. The first kappa shape index (κ1) is 23.2. The molecule has 36 heavy (non-hydrogen) atoms. The minimum atomic E-state index is 0.235. The van der Waals surface area contributed by atoms with Crippen LogP contribution in [0, 0.1) is 30.1 Å². The molecule has 2 aromatic rings. The maximum atomic E-state index is 13.1. The molecule has 1 saturated heterocycles. The maximum Gasteiger partial charge on any atom is 0.222 e. The molecule has 6 nitrogen and oxygen atoms in total. The first-order valence-electron chi connectivity index (χ1n) is 13.6. The van der Waals surface area contributed by atoms with Gasteiger partial charge in [0.2, 0.25) is 5.91 Å². The number of hydrogen-bond donors (Lipinski definition) is 0. The number of pyridine rings is 2. The Morgan fingerprint density at radius 2 is 2.03 bits per heavy atom. The zero-order chi connectivity index (χ0) is 24.8. The molecule has 1 amide bonds. The lowest BCUT2D eigenvalue weighted by atomic mass is 9.93. The van der Waals surface area contributed by atoms with Crippen molar-refractivity contribution in [2.24, 2.45) is 11.8 Å². The van der Waals surface area contributed by atoms with Gasteiger partial charge in [0.1, 0.15) is 11.9 Å². The summed E-state index contributed by atoms with van der Waals surface area (Å²) in [5.74, 6) is 2.94. The second kappa shape index (κ2) is 9.35. The van der Waals surface area contributed by atoms with Crippen molar-refractivity contribution in [2.45, 2.75) is 70.3 Å². The lowest BCUT2D eigenvalue weighted by Gasteiger charge is -2.43. The molecule has 186 valence electrons. The Morgan fingerprint density at radius 1 is 1.22 bits per heavy atom. The summed E-state index contributed by atoms with van der Waals surface area (Å²) < 4.78 is 0. The Labute approximate surface area is 214 Å². The van der Waals surface area contributed by atoms with Crippen molar-refractivity contribution in [2.75, 3.05) is 24.5 Å². The molecule has 0 spiro atoms. The van der Waals surface area contributed by atoms with Gasteiger partial charge in [-0.3, -0.25) is 9.78 Å². The molecule has 6 rings (SSSR count). The summed E-state index contributed by atoms with van der Waals surface area (Å²) in [6, 6.07) is 6.79. The highest BCUT2D eigenvalue weighted by atomic mass is 16.2. The van der Waals surface area contributed by atoms with Gasteiger partial charge in [0, 0.05) is 43.7 Å². The van der Waals surface area contributed by atoms with Gasteiger partial charge >= 0.3 is 0 Å². The molecule has 2 aromatic heterocycles. The fraction of sp³-hybridized carbons (Fsp3) is 0.533. The number of amides is 1. The van der Waals surface area contributed by atoms with Crippen LogP contribution in [0.1, 0.15) is 79.8 Å². The Morgan fingerprint density at radius 3 is 2.69 bits per heavy atom. The SMILES string of the molecule is C=Cc1cc(-c2c(C3CC3)nc(N3CCN(C(=O)CCC4CC4)C(C4CC4)C3)c(C#N)c2C)ccn1. The number of piperazine rings is 1. The van der Waals surface area contributed by atoms with E-state index in [1.807, 2.05) is 18.3 Å². The van der Waals surface area contributed by atoms with Crippen molar-refractivity contribution in [3.63, 3.8) is 0 Å². The van der Waals surface area contributed by atoms with Gasteiger partial charge in [0.05, 0.1) is 23.0 Å². The van der Waals surface area contributed by atoms with Crippen LogP contribution in [-0.4, -0.2) is 46.5 Å². The normalized spacial score (nSPS) is 21.8. The molecule has 0 radical (unpaired) electrons. The van der Waals surface area contributed by atoms with E-state index in [0.717, 1.165) is 78.7 Å². The Balaban J connectivity index is 1.33. The molecule has 4 aliphatic rings. The van der Waals surface area contributed by atoms with E-state index < -0.39 is 0 Å². The van der Waals surface area contributed by atoms with E-state index in [1.54, 1.807) is 6.08 Å². The van der Waals surface area contributed by atoms with Crippen molar-refractivity contribution >= 4 is 17.8 Å². The second-order valence-electron chi connectivity index (χ2n) is 11.2. The van der Waals surface area contributed by atoms with Crippen LogP contribution in [0.3, 0.4) is 0 Å². The van der Waals surface area contributed by atoms with Crippen molar-refractivity contribution < 1.29 is 4.79 Å². The van der Waals surface area contributed by atoms with Gasteiger partial charge in [-0.15, -0.1) is 0 Å². The van der Waals surface area contributed by atoms with E-state index >= 15 is 0 Å². The molecule has 6 heteroatoms. The van der Waals surface area contributed by atoms with Crippen LogP contribution in [-0.2, 0) is 4.79 Å². The highest BCUT2D eigenvalue weighted by Crippen LogP contribution is 2.47. The average Bonchev–Trinajstić information content (AvgIpc) is 3.76. The number of nitriles is 1. The third kappa shape index (κ3) is 4.52. The summed E-state index contributed by atoms with van der Waals surface area (Å²) in [6.45, 7) is 8.17. The molecule has 0 aromatic carbocycles. The van der Waals surface area contributed by atoms with Gasteiger partial charge in [0.15, 0.2) is 0 Å². The summed E-state index contributed by atoms with van der Waals surface area (Å²) in [4.78, 5) is 27.2. The number of anilines is 1. The molecule has 3 saturated carbocycles. The third-order valence-electron chi connectivity index (χ3n) is 8.48. The van der Waals surface area contributed by atoms with E-state index in [-0.39, 0.29) is 6.04 Å². The number of rotatable bonds is 8. The van der Waals surface area contributed by atoms with Crippen molar-refractivity contribution in [3.8, 4) is 17.2 Å². The molecular formula is C30H35N5O. The minimum absolute atomic E-state index is 0.235. The van der Waals surface area contributed by atoms with E-state index in [1.165, 1.54) is 25.7 Å². The van der Waals surface area contributed by atoms with Gasteiger partial charge in [-0.25, -0.2) is 4.98 Å². The Kier molecular flexibility index (Phi) is 6.03. The first-order chi connectivity index (χ1) is 17.6. The molecule has 4 fully saturated rings. The fourth-order valence-corrected chi connectivity index (χ4v) is 5.88. The van der Waals surface area contributed by atoms with Crippen LogP contribution in [0.2, 0.25) is 0 Å². The summed E-state index contributed by atoms with van der Waals surface area (Å²) in [6.07, 6.45) is 12.6. The quantitative estimate of drug-likeness (QED) is 0.500. The van der Waals surface area contributed by atoms with Crippen molar-refractivity contribution in [3.05, 3.63) is 47.4 Å². The van der Waals surface area contributed by atoms with Gasteiger partial charge in [-0.1, -0.05) is 19.4 Å². The predicted octanol–water partition coefficient (Wildman–Crippen LogP) is 5.46. The van der Waals surface area contributed by atoms with Crippen LogP contribution in [0.4, 0.5) is 5.82 Å². The molecule has 3 aliphatic carbocycles. The predicted molar refractivity (Wildman–Crippen MR) is 141 cm³/mol. The summed E-state index contributed by atoms with van der Waals surface area (Å²) in [5.41, 5.74) is 5.72.